The summed E-state index contributed by atoms with van der Waals surface area (Å²) in [4.78, 5) is 25.3. The third-order valence-corrected chi connectivity index (χ3v) is 4.07. The van der Waals surface area contributed by atoms with Crippen molar-refractivity contribution in [2.45, 2.75) is 26.4 Å². The van der Waals surface area contributed by atoms with Gasteiger partial charge in [-0.15, -0.1) is 0 Å². The Bertz CT molecular complexity index is 758. The van der Waals surface area contributed by atoms with Crippen molar-refractivity contribution in [1.29, 1.82) is 0 Å². The van der Waals surface area contributed by atoms with Crippen LogP contribution in [-0.4, -0.2) is 46.8 Å². The van der Waals surface area contributed by atoms with E-state index in [0.717, 1.165) is 11.4 Å². The van der Waals surface area contributed by atoms with Crippen LogP contribution in [0.5, 0.6) is 0 Å². The van der Waals surface area contributed by atoms with Gasteiger partial charge in [0, 0.05) is 25.8 Å². The molecule has 0 bridgehead atoms. The minimum Gasteiger partial charge on any atom is -0.454 e. The first-order valence-corrected chi connectivity index (χ1v) is 7.84. The summed E-state index contributed by atoms with van der Waals surface area (Å²) >= 11 is 0. The molecule has 3 heterocycles. The average Bonchev–Trinajstić information content (AvgIpc) is 3.10. The summed E-state index contributed by atoms with van der Waals surface area (Å²) in [5.41, 5.74) is 2.09. The molecule has 1 aliphatic heterocycles. The number of hydrogen-bond donors (Lipinski definition) is 2. The molecule has 0 atom stereocenters. The molecule has 8 nitrogen and oxygen atoms in total. The highest BCUT2D eigenvalue weighted by Crippen LogP contribution is 2.22. The Kier molecular flexibility index (Phi) is 4.28. The summed E-state index contributed by atoms with van der Waals surface area (Å²) in [6, 6.07) is 5.38. The van der Waals surface area contributed by atoms with E-state index >= 15 is 0 Å². The van der Waals surface area contributed by atoms with Gasteiger partial charge in [-0.1, -0.05) is 0 Å². The summed E-state index contributed by atoms with van der Waals surface area (Å²) in [6.07, 6.45) is 0. The van der Waals surface area contributed by atoms with Crippen LogP contribution >= 0.6 is 0 Å². The lowest BCUT2D eigenvalue weighted by molar-refractivity contribution is 0.0933. The monoisotopic (exact) mass is 331 g/mol. The Morgan fingerprint density at radius 3 is 2.71 bits per heavy atom. The molecule has 2 aromatic rings. The minimum atomic E-state index is -0.289. The van der Waals surface area contributed by atoms with E-state index in [9.17, 15) is 9.59 Å². The van der Waals surface area contributed by atoms with Crippen molar-refractivity contribution in [2.75, 3.05) is 20.1 Å². The number of likely N-dealkylation sites (tertiary alicyclic amines) is 1. The average molecular weight is 331 g/mol. The van der Waals surface area contributed by atoms with Crippen molar-refractivity contribution in [3.05, 3.63) is 41.1 Å². The van der Waals surface area contributed by atoms with Gasteiger partial charge in [0.05, 0.1) is 18.3 Å². The van der Waals surface area contributed by atoms with Gasteiger partial charge in [-0.05, 0) is 32.0 Å². The molecule has 8 heteroatoms. The molecule has 0 saturated carbocycles. The highest BCUT2D eigenvalue weighted by atomic mass is 16.4. The summed E-state index contributed by atoms with van der Waals surface area (Å²) < 4.78 is 7.34. The molecule has 24 heavy (non-hydrogen) atoms. The van der Waals surface area contributed by atoms with E-state index in [1.807, 2.05) is 24.6 Å². The van der Waals surface area contributed by atoms with Crippen LogP contribution in [-0.2, 0) is 6.54 Å². The molecule has 2 aromatic heterocycles. The number of carbonyl (C=O) groups excluding carboxylic acids is 2. The van der Waals surface area contributed by atoms with E-state index in [4.69, 9.17) is 4.42 Å². The summed E-state index contributed by atoms with van der Waals surface area (Å²) in [5, 5.41) is 9.73. The summed E-state index contributed by atoms with van der Waals surface area (Å²) in [7, 11) is 1.54. The number of carbonyl (C=O) groups is 2. The van der Waals surface area contributed by atoms with Crippen molar-refractivity contribution in [2.24, 2.45) is 0 Å². The van der Waals surface area contributed by atoms with Crippen molar-refractivity contribution >= 4 is 11.9 Å². The van der Waals surface area contributed by atoms with Gasteiger partial charge >= 0.3 is 6.03 Å². The van der Waals surface area contributed by atoms with Crippen molar-refractivity contribution < 1.29 is 14.0 Å². The molecule has 1 fully saturated rings. The van der Waals surface area contributed by atoms with Gasteiger partial charge in [0.1, 0.15) is 5.76 Å². The third-order valence-electron chi connectivity index (χ3n) is 4.07. The maximum Gasteiger partial charge on any atom is 0.317 e. The Hall–Kier alpha value is -2.77. The first-order chi connectivity index (χ1) is 11.5. The van der Waals surface area contributed by atoms with Crippen molar-refractivity contribution in [3.8, 4) is 0 Å². The van der Waals surface area contributed by atoms with E-state index in [0.29, 0.717) is 18.8 Å². The van der Waals surface area contributed by atoms with Gasteiger partial charge in [-0.3, -0.25) is 9.48 Å². The lowest BCUT2D eigenvalue weighted by Crippen LogP contribution is -2.54. The maximum absolute atomic E-state index is 12.1. The van der Waals surface area contributed by atoms with Crippen LogP contribution in [0.2, 0.25) is 0 Å². The summed E-state index contributed by atoms with van der Waals surface area (Å²) in [5.74, 6) is 0.482. The van der Waals surface area contributed by atoms with Crippen LogP contribution in [0, 0.1) is 13.8 Å². The highest BCUT2D eigenvalue weighted by molar-refractivity contribution is 5.91. The number of furan rings is 1. The van der Waals surface area contributed by atoms with E-state index in [2.05, 4.69) is 15.7 Å². The fourth-order valence-electron chi connectivity index (χ4n) is 2.78. The number of rotatable bonds is 4. The zero-order valence-corrected chi connectivity index (χ0v) is 14.0. The first-order valence-electron chi connectivity index (χ1n) is 7.84. The molecule has 3 rings (SSSR count). The van der Waals surface area contributed by atoms with E-state index in [1.54, 1.807) is 17.0 Å². The van der Waals surface area contributed by atoms with Crippen LogP contribution in [0.15, 0.2) is 22.6 Å². The topological polar surface area (TPSA) is 92.4 Å². The smallest absolute Gasteiger partial charge is 0.317 e. The van der Waals surface area contributed by atoms with E-state index in [1.165, 1.54) is 7.05 Å². The first kappa shape index (κ1) is 16.1. The standard InChI is InChI=1S/C16H21N5O3/c1-10-6-11(2)21(19-10)12-8-20(9-12)16(23)18-7-13-4-5-14(24-13)15(22)17-3/h4-6,12H,7-9H2,1-3H3,(H,17,22)(H,18,23). The Balaban J connectivity index is 1.48. The molecule has 0 spiro atoms. The number of urea groups is 1. The SMILES string of the molecule is CNC(=O)c1ccc(CNC(=O)N2CC(n3nc(C)cc3C)C2)o1. The molecule has 3 amide bonds. The third kappa shape index (κ3) is 3.12. The molecule has 0 aromatic carbocycles. The predicted octanol–water partition coefficient (Wildman–Crippen LogP) is 1.22. The molecular formula is C16H21N5O3. The van der Waals surface area contributed by atoms with E-state index in [-0.39, 0.29) is 30.3 Å². The fraction of sp³-hybridized carbons (Fsp3) is 0.438. The van der Waals surface area contributed by atoms with Gasteiger partial charge in [0.2, 0.25) is 0 Å². The number of aryl methyl sites for hydroxylation is 2. The molecule has 0 radical (unpaired) electrons. The second-order valence-corrected chi connectivity index (χ2v) is 5.93. The highest BCUT2D eigenvalue weighted by Gasteiger charge is 2.33. The minimum absolute atomic E-state index is 0.148. The van der Waals surface area contributed by atoms with Gasteiger partial charge in [0.25, 0.3) is 5.91 Å². The van der Waals surface area contributed by atoms with Gasteiger partial charge in [0.15, 0.2) is 5.76 Å². The van der Waals surface area contributed by atoms with Crippen LogP contribution < -0.4 is 10.6 Å². The Labute approximate surface area is 139 Å². The molecule has 0 unspecified atom stereocenters. The normalized spacial score (nSPS) is 14.4. The van der Waals surface area contributed by atoms with Gasteiger partial charge in [-0.2, -0.15) is 5.10 Å². The molecule has 0 aliphatic carbocycles. The number of hydrogen-bond acceptors (Lipinski definition) is 4. The number of amides is 3. The van der Waals surface area contributed by atoms with Crippen LogP contribution in [0.1, 0.15) is 33.7 Å². The molecule has 1 saturated heterocycles. The summed E-state index contributed by atoms with van der Waals surface area (Å²) in [6.45, 7) is 5.49. The van der Waals surface area contributed by atoms with E-state index < -0.39 is 0 Å². The molecular weight excluding hydrogens is 310 g/mol. The lowest BCUT2D eigenvalue weighted by atomic mass is 10.1. The van der Waals surface area contributed by atoms with Crippen LogP contribution in [0.3, 0.4) is 0 Å². The zero-order chi connectivity index (χ0) is 17.3. The van der Waals surface area contributed by atoms with Crippen LogP contribution in [0.4, 0.5) is 4.79 Å². The number of nitrogens with zero attached hydrogens (tertiary/aromatic N) is 3. The second kappa shape index (κ2) is 6.38. The molecule has 128 valence electrons. The fourth-order valence-corrected chi connectivity index (χ4v) is 2.78. The molecule has 2 N–H and O–H groups in total. The quantitative estimate of drug-likeness (QED) is 0.881. The predicted molar refractivity (Wildman–Crippen MR) is 86.6 cm³/mol. The Morgan fingerprint density at radius 2 is 2.08 bits per heavy atom. The largest absolute Gasteiger partial charge is 0.454 e. The van der Waals surface area contributed by atoms with Crippen molar-refractivity contribution in [3.63, 3.8) is 0 Å². The maximum atomic E-state index is 12.1. The molecule has 1 aliphatic rings. The Morgan fingerprint density at radius 1 is 1.33 bits per heavy atom. The zero-order valence-electron chi connectivity index (χ0n) is 14.0. The van der Waals surface area contributed by atoms with Crippen LogP contribution in [0.25, 0.3) is 0 Å². The second-order valence-electron chi connectivity index (χ2n) is 5.93. The lowest BCUT2D eigenvalue weighted by Gasteiger charge is -2.39. The van der Waals surface area contributed by atoms with Gasteiger partial charge in [-0.25, -0.2) is 4.79 Å². The number of aromatic nitrogens is 2. The van der Waals surface area contributed by atoms with Crippen molar-refractivity contribution in [1.82, 2.24) is 25.3 Å². The number of nitrogens with one attached hydrogen (secondary N) is 2. The van der Waals surface area contributed by atoms with Gasteiger partial charge < -0.3 is 20.0 Å².